The molecule has 1 amide bonds. The van der Waals surface area contributed by atoms with Crippen molar-refractivity contribution in [3.05, 3.63) is 76.6 Å². The highest BCUT2D eigenvalue weighted by Gasteiger charge is 2.10. The van der Waals surface area contributed by atoms with Crippen LogP contribution >= 0.6 is 11.6 Å². The van der Waals surface area contributed by atoms with Crippen LogP contribution in [0.3, 0.4) is 0 Å². The molecular weight excluding hydrogens is 296 g/mol. The molecule has 2 aromatic carbocycles. The molecule has 0 aliphatic carbocycles. The van der Waals surface area contributed by atoms with Gasteiger partial charge in [-0.3, -0.25) is 4.79 Å². The first kappa shape index (κ1) is 14.5. The van der Waals surface area contributed by atoms with E-state index in [0.29, 0.717) is 17.3 Å². The first-order valence-corrected chi connectivity index (χ1v) is 7.40. The summed E-state index contributed by atoms with van der Waals surface area (Å²) >= 11 is 6.02. The van der Waals surface area contributed by atoms with Gasteiger partial charge in [-0.15, -0.1) is 0 Å². The van der Waals surface area contributed by atoms with Crippen LogP contribution in [0.2, 0.25) is 5.02 Å². The predicted molar refractivity (Wildman–Crippen MR) is 89.1 cm³/mol. The molecule has 1 N–H and O–H groups in total. The average molecular weight is 311 g/mol. The number of aromatic nitrogens is 1. The van der Waals surface area contributed by atoms with E-state index in [1.165, 1.54) is 0 Å². The number of fused-ring (bicyclic) bond motifs is 1. The fraction of sp³-hybridized carbons (Fsp3) is 0.111. The molecule has 110 valence electrons. The quantitative estimate of drug-likeness (QED) is 0.790. The number of halogens is 1. The molecule has 0 fully saturated rings. The van der Waals surface area contributed by atoms with Crippen LogP contribution in [-0.2, 0) is 6.54 Å². The van der Waals surface area contributed by atoms with E-state index in [0.717, 1.165) is 22.0 Å². The predicted octanol–water partition coefficient (Wildman–Crippen LogP) is 4.13. The van der Waals surface area contributed by atoms with Gasteiger partial charge in [0.15, 0.2) is 0 Å². The minimum atomic E-state index is -0.186. The highest BCUT2D eigenvalue weighted by atomic mass is 35.5. The normalized spacial score (nSPS) is 10.6. The Morgan fingerprint density at radius 2 is 1.91 bits per heavy atom. The van der Waals surface area contributed by atoms with Crippen molar-refractivity contribution >= 4 is 28.3 Å². The third kappa shape index (κ3) is 3.10. The van der Waals surface area contributed by atoms with E-state index in [2.05, 4.69) is 10.3 Å². The Labute approximate surface area is 133 Å². The molecule has 0 spiro atoms. The molecule has 0 bridgehead atoms. The van der Waals surface area contributed by atoms with Crippen LogP contribution in [-0.4, -0.2) is 10.9 Å². The number of amides is 1. The Morgan fingerprint density at radius 3 is 2.68 bits per heavy atom. The summed E-state index contributed by atoms with van der Waals surface area (Å²) in [4.78, 5) is 16.7. The van der Waals surface area contributed by atoms with Crippen LogP contribution in [0.1, 0.15) is 21.7 Å². The van der Waals surface area contributed by atoms with Crippen LogP contribution in [0.4, 0.5) is 0 Å². The molecule has 3 nitrogen and oxygen atoms in total. The third-order valence-corrected chi connectivity index (χ3v) is 3.75. The standard InChI is InChI=1S/C18H15ClN2O/c1-12-16-8-7-15(19)9-14(16)10-17(21-12)18(22)20-11-13-5-3-2-4-6-13/h2-10H,11H2,1H3,(H,20,22). The Morgan fingerprint density at radius 1 is 1.14 bits per heavy atom. The highest BCUT2D eigenvalue weighted by Crippen LogP contribution is 2.22. The number of carbonyl (C=O) groups is 1. The van der Waals surface area contributed by atoms with Crippen molar-refractivity contribution in [3.8, 4) is 0 Å². The number of benzene rings is 2. The maximum Gasteiger partial charge on any atom is 0.270 e. The summed E-state index contributed by atoms with van der Waals surface area (Å²) in [6.45, 7) is 2.37. The Bertz CT molecular complexity index is 831. The molecule has 0 radical (unpaired) electrons. The number of carbonyl (C=O) groups excluding carboxylic acids is 1. The lowest BCUT2D eigenvalue weighted by Crippen LogP contribution is -2.24. The van der Waals surface area contributed by atoms with Crippen molar-refractivity contribution in [1.82, 2.24) is 10.3 Å². The second kappa shape index (κ2) is 6.16. The first-order valence-electron chi connectivity index (χ1n) is 7.02. The van der Waals surface area contributed by atoms with Gasteiger partial charge >= 0.3 is 0 Å². The highest BCUT2D eigenvalue weighted by molar-refractivity contribution is 6.31. The number of hydrogen-bond donors (Lipinski definition) is 1. The van der Waals surface area contributed by atoms with Gasteiger partial charge in [0.05, 0.1) is 0 Å². The Balaban J connectivity index is 1.84. The molecule has 0 atom stereocenters. The molecule has 1 heterocycles. The van der Waals surface area contributed by atoms with Crippen molar-refractivity contribution < 1.29 is 4.79 Å². The largest absolute Gasteiger partial charge is 0.347 e. The maximum absolute atomic E-state index is 12.3. The first-order chi connectivity index (χ1) is 10.6. The maximum atomic E-state index is 12.3. The van der Waals surface area contributed by atoms with Gasteiger partial charge in [-0.05, 0) is 36.1 Å². The van der Waals surface area contributed by atoms with Crippen molar-refractivity contribution in [2.75, 3.05) is 0 Å². The zero-order valence-corrected chi connectivity index (χ0v) is 12.9. The second-order valence-corrected chi connectivity index (χ2v) is 5.56. The molecule has 3 aromatic rings. The van der Waals surface area contributed by atoms with Gasteiger partial charge in [0.2, 0.25) is 0 Å². The van der Waals surface area contributed by atoms with Crippen molar-refractivity contribution in [2.24, 2.45) is 0 Å². The lowest BCUT2D eigenvalue weighted by Gasteiger charge is -2.08. The molecule has 1 aromatic heterocycles. The topological polar surface area (TPSA) is 42.0 Å². The molecule has 0 aliphatic rings. The monoisotopic (exact) mass is 310 g/mol. The summed E-state index contributed by atoms with van der Waals surface area (Å²) in [6, 6.07) is 17.2. The van der Waals surface area contributed by atoms with Crippen molar-refractivity contribution in [2.45, 2.75) is 13.5 Å². The number of aryl methyl sites for hydroxylation is 1. The molecule has 0 saturated heterocycles. The van der Waals surface area contributed by atoms with E-state index in [9.17, 15) is 4.79 Å². The van der Waals surface area contributed by atoms with Gasteiger partial charge in [-0.1, -0.05) is 48.0 Å². The van der Waals surface area contributed by atoms with Gasteiger partial charge < -0.3 is 5.32 Å². The fourth-order valence-corrected chi connectivity index (χ4v) is 2.57. The molecule has 4 heteroatoms. The number of nitrogens with one attached hydrogen (secondary N) is 1. The van der Waals surface area contributed by atoms with Crippen LogP contribution < -0.4 is 5.32 Å². The van der Waals surface area contributed by atoms with E-state index < -0.39 is 0 Å². The van der Waals surface area contributed by atoms with Gasteiger partial charge in [-0.2, -0.15) is 0 Å². The van der Waals surface area contributed by atoms with E-state index in [1.807, 2.05) is 55.5 Å². The minimum Gasteiger partial charge on any atom is -0.347 e. The Kier molecular flexibility index (Phi) is 4.07. The summed E-state index contributed by atoms with van der Waals surface area (Å²) < 4.78 is 0. The van der Waals surface area contributed by atoms with Gasteiger partial charge in [0.25, 0.3) is 5.91 Å². The lowest BCUT2D eigenvalue weighted by atomic mass is 10.1. The van der Waals surface area contributed by atoms with E-state index in [-0.39, 0.29) is 5.91 Å². The third-order valence-electron chi connectivity index (χ3n) is 3.51. The summed E-state index contributed by atoms with van der Waals surface area (Å²) in [7, 11) is 0. The fourth-order valence-electron chi connectivity index (χ4n) is 2.39. The summed E-state index contributed by atoms with van der Waals surface area (Å²) in [5.74, 6) is -0.186. The second-order valence-electron chi connectivity index (χ2n) is 5.13. The summed E-state index contributed by atoms with van der Waals surface area (Å²) in [6.07, 6.45) is 0. The van der Waals surface area contributed by atoms with Crippen LogP contribution in [0.15, 0.2) is 54.6 Å². The number of nitrogens with zero attached hydrogens (tertiary/aromatic N) is 1. The van der Waals surface area contributed by atoms with Gasteiger partial charge in [-0.25, -0.2) is 4.98 Å². The van der Waals surface area contributed by atoms with Gasteiger partial charge in [0.1, 0.15) is 5.69 Å². The van der Waals surface area contributed by atoms with Crippen molar-refractivity contribution in [3.63, 3.8) is 0 Å². The van der Waals surface area contributed by atoms with Crippen LogP contribution in [0.5, 0.6) is 0 Å². The summed E-state index contributed by atoms with van der Waals surface area (Å²) in [5, 5.41) is 5.46. The minimum absolute atomic E-state index is 0.186. The summed E-state index contributed by atoms with van der Waals surface area (Å²) in [5.41, 5.74) is 2.28. The average Bonchev–Trinajstić information content (AvgIpc) is 2.53. The Hall–Kier alpha value is -2.39. The van der Waals surface area contributed by atoms with Gasteiger partial charge in [0, 0.05) is 22.6 Å². The number of hydrogen-bond acceptors (Lipinski definition) is 2. The SMILES string of the molecule is Cc1nc(C(=O)NCc2ccccc2)cc2cc(Cl)ccc12. The zero-order valence-electron chi connectivity index (χ0n) is 12.1. The molecule has 3 rings (SSSR count). The molecule has 0 saturated carbocycles. The lowest BCUT2D eigenvalue weighted by molar-refractivity contribution is 0.0946. The van der Waals surface area contributed by atoms with E-state index in [4.69, 9.17) is 11.6 Å². The van der Waals surface area contributed by atoms with Crippen LogP contribution in [0, 0.1) is 6.92 Å². The number of rotatable bonds is 3. The zero-order chi connectivity index (χ0) is 15.5. The molecule has 0 unspecified atom stereocenters. The molecule has 0 aliphatic heterocycles. The number of pyridine rings is 1. The van der Waals surface area contributed by atoms with E-state index >= 15 is 0 Å². The van der Waals surface area contributed by atoms with Crippen molar-refractivity contribution in [1.29, 1.82) is 0 Å². The molecular formula is C18H15ClN2O. The smallest absolute Gasteiger partial charge is 0.270 e. The molecule has 22 heavy (non-hydrogen) atoms. The van der Waals surface area contributed by atoms with E-state index in [1.54, 1.807) is 6.07 Å². The van der Waals surface area contributed by atoms with Crippen LogP contribution in [0.25, 0.3) is 10.8 Å².